The second kappa shape index (κ2) is 10.0. The Morgan fingerprint density at radius 1 is 1.19 bits per heavy atom. The molecule has 2 N–H and O–H groups in total. The quantitative estimate of drug-likeness (QED) is 0.356. The number of carbonyl (C=O) groups excluding carboxylic acids is 2. The maximum Gasteiger partial charge on any atom is 0.277 e. The van der Waals surface area contributed by atoms with Crippen molar-refractivity contribution in [2.24, 2.45) is 0 Å². The van der Waals surface area contributed by atoms with Crippen LogP contribution in [0.15, 0.2) is 54.4 Å². The first-order valence-corrected chi connectivity index (χ1v) is 11.2. The fourth-order valence-corrected chi connectivity index (χ4v) is 4.28. The van der Waals surface area contributed by atoms with Crippen LogP contribution in [0, 0.1) is 10.1 Å². The number of halogens is 1. The number of nitrogens with one attached hydrogen (secondary N) is 2. The highest BCUT2D eigenvalue weighted by atomic mass is 19.1. The highest BCUT2D eigenvalue weighted by Gasteiger charge is 2.38. The number of alkyl halides is 1. The average molecular weight is 493 g/mol. The van der Waals surface area contributed by atoms with Crippen LogP contribution in [0.5, 0.6) is 5.75 Å². The Morgan fingerprint density at radius 2 is 1.97 bits per heavy atom. The molecule has 0 fully saturated rings. The van der Waals surface area contributed by atoms with Gasteiger partial charge in [-0.3, -0.25) is 19.7 Å². The van der Waals surface area contributed by atoms with E-state index in [4.69, 9.17) is 9.47 Å². The lowest BCUT2D eigenvalue weighted by atomic mass is 9.91. The summed E-state index contributed by atoms with van der Waals surface area (Å²) < 4.78 is 24.9. The predicted molar refractivity (Wildman–Crippen MR) is 131 cm³/mol. The van der Waals surface area contributed by atoms with Gasteiger partial charge in [-0.15, -0.1) is 0 Å². The Kier molecular flexibility index (Phi) is 6.86. The Balaban J connectivity index is 1.86. The van der Waals surface area contributed by atoms with Gasteiger partial charge in [0.05, 0.1) is 23.0 Å². The summed E-state index contributed by atoms with van der Waals surface area (Å²) in [5.41, 5.74) is 1.17. The van der Waals surface area contributed by atoms with E-state index in [9.17, 15) is 24.1 Å². The van der Waals surface area contributed by atoms with Crippen molar-refractivity contribution < 1.29 is 28.4 Å². The minimum atomic E-state index is -1.18. The van der Waals surface area contributed by atoms with Crippen LogP contribution in [0.25, 0.3) is 16.3 Å². The van der Waals surface area contributed by atoms with E-state index in [-0.39, 0.29) is 39.7 Å². The molecule has 0 radical (unpaired) electrons. The summed E-state index contributed by atoms with van der Waals surface area (Å²) in [4.78, 5) is 37.2. The summed E-state index contributed by atoms with van der Waals surface area (Å²) >= 11 is 0. The van der Waals surface area contributed by atoms with Gasteiger partial charge in [0.15, 0.2) is 12.0 Å². The average Bonchev–Trinajstić information content (AvgIpc) is 3.23. The van der Waals surface area contributed by atoms with Crippen LogP contribution < -0.4 is 15.4 Å². The number of hydrogen-bond acceptors (Lipinski definition) is 7. The molecule has 36 heavy (non-hydrogen) atoms. The molecule has 0 bridgehead atoms. The number of ketones is 1. The molecule has 9 nitrogen and oxygen atoms in total. The second-order valence-electron chi connectivity index (χ2n) is 8.07. The van der Waals surface area contributed by atoms with Crippen molar-refractivity contribution in [3.05, 3.63) is 86.8 Å². The van der Waals surface area contributed by atoms with Crippen LogP contribution in [0.2, 0.25) is 0 Å². The first-order chi connectivity index (χ1) is 17.3. The number of fused-ring (bicyclic) bond motifs is 1. The standard InChI is InChI=1S/C26H24FN3O6/c1-4-29-25(32)16-7-5-6-15(10-16)22-23(31)24(36-26(22)28-2)20-12-17(35-3)11-19-18(20)8-14(13-27)9-21(19)30(33)34/h5-12,24,28H,4,13H2,1-3H3,(H,29,32). The van der Waals surface area contributed by atoms with Crippen molar-refractivity contribution in [2.45, 2.75) is 19.7 Å². The molecular formula is C26H24FN3O6. The van der Waals surface area contributed by atoms with Gasteiger partial charge >= 0.3 is 0 Å². The highest BCUT2D eigenvalue weighted by Crippen LogP contribution is 2.43. The minimum Gasteiger partial charge on any atom is -0.497 e. The molecular weight excluding hydrogens is 469 g/mol. The summed E-state index contributed by atoms with van der Waals surface area (Å²) in [5, 5.41) is 17.8. The predicted octanol–water partition coefficient (Wildman–Crippen LogP) is 4.20. The number of nitro groups is 1. The molecule has 186 valence electrons. The monoisotopic (exact) mass is 493 g/mol. The number of hydrogen-bond donors (Lipinski definition) is 2. The van der Waals surface area contributed by atoms with E-state index >= 15 is 0 Å². The summed E-state index contributed by atoms with van der Waals surface area (Å²) in [6, 6.07) is 12.3. The second-order valence-corrected chi connectivity index (χ2v) is 8.07. The molecule has 1 atom stereocenters. The molecule has 0 spiro atoms. The van der Waals surface area contributed by atoms with E-state index in [1.165, 1.54) is 25.3 Å². The molecule has 0 aromatic heterocycles. The summed E-state index contributed by atoms with van der Waals surface area (Å²) in [6.07, 6.45) is -1.18. The number of amides is 1. The molecule has 0 saturated heterocycles. The summed E-state index contributed by atoms with van der Waals surface area (Å²) in [6.45, 7) is 1.34. The third kappa shape index (κ3) is 4.33. The van der Waals surface area contributed by atoms with Gasteiger partial charge in [0.1, 0.15) is 12.4 Å². The lowest BCUT2D eigenvalue weighted by Crippen LogP contribution is -2.22. The Hall–Kier alpha value is -4.47. The van der Waals surface area contributed by atoms with Gasteiger partial charge in [0.25, 0.3) is 11.6 Å². The van der Waals surface area contributed by atoms with Gasteiger partial charge in [-0.05, 0) is 53.8 Å². The first kappa shape index (κ1) is 24.6. The van der Waals surface area contributed by atoms with Crippen LogP contribution in [0.3, 0.4) is 0 Å². The Labute approximate surface area is 206 Å². The van der Waals surface area contributed by atoms with Gasteiger partial charge in [0.2, 0.25) is 5.78 Å². The number of benzene rings is 3. The Bertz CT molecular complexity index is 1420. The van der Waals surface area contributed by atoms with Crippen molar-refractivity contribution in [1.82, 2.24) is 10.6 Å². The van der Waals surface area contributed by atoms with Gasteiger partial charge in [-0.1, -0.05) is 12.1 Å². The lowest BCUT2D eigenvalue weighted by Gasteiger charge is -2.16. The number of ether oxygens (including phenoxy) is 2. The van der Waals surface area contributed by atoms with Crippen LogP contribution in [0.1, 0.15) is 40.1 Å². The number of carbonyl (C=O) groups is 2. The first-order valence-electron chi connectivity index (χ1n) is 11.2. The molecule has 0 aliphatic carbocycles. The number of methoxy groups -OCH3 is 1. The number of non-ortho nitro benzene ring substituents is 1. The van der Waals surface area contributed by atoms with E-state index in [0.717, 1.165) is 0 Å². The van der Waals surface area contributed by atoms with E-state index in [0.29, 0.717) is 28.6 Å². The topological polar surface area (TPSA) is 120 Å². The molecule has 10 heteroatoms. The molecule has 1 amide bonds. The zero-order valence-electron chi connectivity index (χ0n) is 19.9. The third-order valence-electron chi connectivity index (χ3n) is 5.91. The lowest BCUT2D eigenvalue weighted by molar-refractivity contribution is -0.383. The van der Waals surface area contributed by atoms with Crippen molar-refractivity contribution in [3.63, 3.8) is 0 Å². The van der Waals surface area contributed by atoms with Crippen LogP contribution >= 0.6 is 0 Å². The fourth-order valence-electron chi connectivity index (χ4n) is 4.28. The van der Waals surface area contributed by atoms with Gasteiger partial charge in [-0.25, -0.2) is 4.39 Å². The normalized spacial score (nSPS) is 15.1. The maximum atomic E-state index is 13.7. The van der Waals surface area contributed by atoms with Crippen LogP contribution in [-0.2, 0) is 16.2 Å². The van der Waals surface area contributed by atoms with Crippen molar-refractivity contribution in [1.29, 1.82) is 0 Å². The zero-order valence-corrected chi connectivity index (χ0v) is 19.9. The molecule has 1 heterocycles. The maximum absolute atomic E-state index is 13.7. The molecule has 1 aliphatic heterocycles. The van der Waals surface area contributed by atoms with E-state index in [1.807, 2.05) is 0 Å². The smallest absolute Gasteiger partial charge is 0.277 e. The van der Waals surface area contributed by atoms with E-state index in [2.05, 4.69) is 10.6 Å². The molecule has 3 aromatic carbocycles. The van der Waals surface area contributed by atoms with E-state index in [1.54, 1.807) is 44.3 Å². The molecule has 1 aliphatic rings. The van der Waals surface area contributed by atoms with E-state index < -0.39 is 23.5 Å². The van der Waals surface area contributed by atoms with Gasteiger partial charge in [0, 0.05) is 30.8 Å². The number of Topliss-reactive ketones (excluding diaryl/α,β-unsaturated/α-hetero) is 1. The number of nitrogens with zero attached hydrogens (tertiary/aromatic N) is 1. The van der Waals surface area contributed by atoms with Crippen molar-refractivity contribution in [2.75, 3.05) is 20.7 Å². The molecule has 0 saturated carbocycles. The number of rotatable bonds is 8. The molecule has 1 unspecified atom stereocenters. The SMILES string of the molecule is CCNC(=O)c1cccc(C2=C(NC)OC(c3cc(OC)cc4c([N+](=O)[O-])cc(CF)cc34)C2=O)c1. The largest absolute Gasteiger partial charge is 0.497 e. The Morgan fingerprint density at radius 3 is 2.61 bits per heavy atom. The van der Waals surface area contributed by atoms with Crippen LogP contribution in [-0.4, -0.2) is 37.3 Å². The third-order valence-corrected chi connectivity index (χ3v) is 5.91. The highest BCUT2D eigenvalue weighted by molar-refractivity contribution is 6.26. The van der Waals surface area contributed by atoms with Crippen LogP contribution in [0.4, 0.5) is 10.1 Å². The number of nitro benzene ring substituents is 1. The van der Waals surface area contributed by atoms with Crippen molar-refractivity contribution in [3.8, 4) is 5.75 Å². The van der Waals surface area contributed by atoms with Gasteiger partial charge in [-0.2, -0.15) is 0 Å². The molecule has 4 rings (SSSR count). The molecule has 3 aromatic rings. The van der Waals surface area contributed by atoms with Crippen molar-refractivity contribution >= 4 is 33.7 Å². The minimum absolute atomic E-state index is 0.0997. The zero-order chi connectivity index (χ0) is 26.0. The van der Waals surface area contributed by atoms with Gasteiger partial charge < -0.3 is 20.1 Å². The summed E-state index contributed by atoms with van der Waals surface area (Å²) in [5.74, 6) is -0.234. The fraction of sp³-hybridized carbons (Fsp3) is 0.231. The summed E-state index contributed by atoms with van der Waals surface area (Å²) in [7, 11) is 2.99.